The lowest BCUT2D eigenvalue weighted by molar-refractivity contribution is -0.140. The first-order valence-corrected chi connectivity index (χ1v) is 5.57. The Hall–Kier alpha value is -1.55. The Kier molecular flexibility index (Phi) is 5.49. The zero-order valence-electron chi connectivity index (χ0n) is 10.2. The molecule has 0 saturated heterocycles. The van der Waals surface area contributed by atoms with Crippen LogP contribution in [0.5, 0.6) is 5.75 Å². The van der Waals surface area contributed by atoms with Gasteiger partial charge in [0.05, 0.1) is 20.3 Å². The minimum Gasteiger partial charge on any atom is -0.493 e. The van der Waals surface area contributed by atoms with E-state index in [0.717, 1.165) is 11.1 Å². The molecule has 17 heavy (non-hydrogen) atoms. The van der Waals surface area contributed by atoms with Crippen LogP contribution >= 0.6 is 0 Å². The number of esters is 1. The third-order valence-electron chi connectivity index (χ3n) is 2.40. The summed E-state index contributed by atoms with van der Waals surface area (Å²) >= 11 is 0. The minimum atomic E-state index is -0.236. The zero-order valence-corrected chi connectivity index (χ0v) is 10.2. The maximum atomic E-state index is 10.9. The topological polar surface area (TPSA) is 55.8 Å². The first kappa shape index (κ1) is 13.5. The average molecular weight is 238 g/mol. The van der Waals surface area contributed by atoms with Crippen LogP contribution in [0, 0.1) is 6.92 Å². The van der Waals surface area contributed by atoms with Gasteiger partial charge in [0.1, 0.15) is 5.75 Å². The number of ether oxygens (including phenoxy) is 2. The van der Waals surface area contributed by atoms with Crippen LogP contribution in [-0.2, 0) is 16.1 Å². The summed E-state index contributed by atoms with van der Waals surface area (Å²) in [6, 6.07) is 5.64. The van der Waals surface area contributed by atoms with Crippen LogP contribution < -0.4 is 4.74 Å². The van der Waals surface area contributed by atoms with Crippen molar-refractivity contribution >= 4 is 5.97 Å². The molecule has 94 valence electrons. The van der Waals surface area contributed by atoms with E-state index in [1.165, 1.54) is 7.11 Å². The van der Waals surface area contributed by atoms with Crippen LogP contribution in [0.1, 0.15) is 24.0 Å². The lowest BCUT2D eigenvalue weighted by Gasteiger charge is -2.10. The molecule has 0 fully saturated rings. The number of aliphatic hydroxyl groups is 1. The molecule has 4 nitrogen and oxygen atoms in total. The highest BCUT2D eigenvalue weighted by atomic mass is 16.5. The van der Waals surface area contributed by atoms with E-state index >= 15 is 0 Å². The van der Waals surface area contributed by atoms with Gasteiger partial charge in [-0.25, -0.2) is 0 Å². The summed E-state index contributed by atoms with van der Waals surface area (Å²) in [6.07, 6.45) is 0.947. The lowest BCUT2D eigenvalue weighted by atomic mass is 10.1. The minimum absolute atomic E-state index is 0.0476. The molecule has 0 heterocycles. The molecule has 0 saturated carbocycles. The standard InChI is InChI=1S/C13H18O4/c1-10-5-6-12(11(8-10)9-14)17-7-3-4-13(15)16-2/h5-6,8,14H,3-4,7,9H2,1-2H3. The van der Waals surface area contributed by atoms with Crippen LogP contribution in [0.4, 0.5) is 0 Å². The van der Waals surface area contributed by atoms with Crippen molar-refractivity contribution in [3.63, 3.8) is 0 Å². The predicted molar refractivity (Wildman–Crippen MR) is 63.8 cm³/mol. The maximum Gasteiger partial charge on any atom is 0.305 e. The van der Waals surface area contributed by atoms with Crippen molar-refractivity contribution in [3.05, 3.63) is 29.3 Å². The molecule has 0 aromatic heterocycles. The van der Waals surface area contributed by atoms with Crippen molar-refractivity contribution in [2.45, 2.75) is 26.4 Å². The number of aliphatic hydroxyl groups excluding tert-OH is 1. The first-order valence-electron chi connectivity index (χ1n) is 5.57. The molecule has 1 N–H and O–H groups in total. The molecular weight excluding hydrogens is 220 g/mol. The van der Waals surface area contributed by atoms with Gasteiger partial charge in [-0.15, -0.1) is 0 Å². The molecular formula is C13H18O4. The summed E-state index contributed by atoms with van der Waals surface area (Å²) in [5.41, 5.74) is 1.85. The third kappa shape index (κ3) is 4.44. The average Bonchev–Trinajstić information content (AvgIpc) is 2.35. The normalized spacial score (nSPS) is 10.1. The number of carbonyl (C=O) groups is 1. The highest BCUT2D eigenvalue weighted by molar-refractivity contribution is 5.69. The van der Waals surface area contributed by atoms with E-state index in [0.29, 0.717) is 25.2 Å². The molecule has 0 unspecified atom stereocenters. The summed E-state index contributed by atoms with van der Waals surface area (Å²) in [6.45, 7) is 2.35. The maximum absolute atomic E-state index is 10.9. The van der Waals surface area contributed by atoms with Gasteiger partial charge in [-0.2, -0.15) is 0 Å². The Morgan fingerprint density at radius 1 is 1.41 bits per heavy atom. The Balaban J connectivity index is 2.43. The molecule has 1 rings (SSSR count). The van der Waals surface area contributed by atoms with Gasteiger partial charge in [-0.3, -0.25) is 4.79 Å². The largest absolute Gasteiger partial charge is 0.493 e. The van der Waals surface area contributed by atoms with E-state index in [1.807, 2.05) is 25.1 Å². The van der Waals surface area contributed by atoms with E-state index in [9.17, 15) is 9.90 Å². The highest BCUT2D eigenvalue weighted by Crippen LogP contribution is 2.20. The quantitative estimate of drug-likeness (QED) is 0.606. The number of hydrogen-bond donors (Lipinski definition) is 1. The van der Waals surface area contributed by atoms with E-state index < -0.39 is 0 Å². The number of benzene rings is 1. The fourth-order valence-corrected chi connectivity index (χ4v) is 1.47. The molecule has 0 atom stereocenters. The molecule has 0 aliphatic carbocycles. The number of carbonyl (C=O) groups excluding carboxylic acids is 1. The zero-order chi connectivity index (χ0) is 12.7. The Morgan fingerprint density at radius 2 is 2.18 bits per heavy atom. The highest BCUT2D eigenvalue weighted by Gasteiger charge is 2.04. The van der Waals surface area contributed by atoms with Gasteiger partial charge < -0.3 is 14.6 Å². The molecule has 0 aliphatic heterocycles. The second kappa shape index (κ2) is 6.91. The number of rotatable bonds is 6. The summed E-state index contributed by atoms with van der Waals surface area (Å²) in [7, 11) is 1.37. The molecule has 0 bridgehead atoms. The van der Waals surface area contributed by atoms with Crippen molar-refractivity contribution in [2.75, 3.05) is 13.7 Å². The molecule has 0 amide bonds. The van der Waals surface area contributed by atoms with Gasteiger partial charge in [0.25, 0.3) is 0 Å². The van der Waals surface area contributed by atoms with Gasteiger partial charge >= 0.3 is 5.97 Å². The Morgan fingerprint density at radius 3 is 2.82 bits per heavy atom. The SMILES string of the molecule is COC(=O)CCCOc1ccc(C)cc1CO. The van der Waals surface area contributed by atoms with Crippen molar-refractivity contribution in [3.8, 4) is 5.75 Å². The second-order valence-electron chi connectivity index (χ2n) is 3.80. The smallest absolute Gasteiger partial charge is 0.305 e. The van der Waals surface area contributed by atoms with Crippen LogP contribution in [0.15, 0.2) is 18.2 Å². The van der Waals surface area contributed by atoms with E-state index in [2.05, 4.69) is 4.74 Å². The summed E-state index contributed by atoms with van der Waals surface area (Å²) < 4.78 is 10.0. The summed E-state index contributed by atoms with van der Waals surface area (Å²) in [5.74, 6) is 0.433. The first-order chi connectivity index (χ1) is 8.17. The van der Waals surface area contributed by atoms with Gasteiger partial charge in [0, 0.05) is 12.0 Å². The molecule has 0 spiro atoms. The summed E-state index contributed by atoms with van der Waals surface area (Å²) in [5, 5.41) is 9.17. The van der Waals surface area contributed by atoms with Crippen LogP contribution in [0.2, 0.25) is 0 Å². The molecule has 4 heteroatoms. The monoisotopic (exact) mass is 238 g/mol. The van der Waals surface area contributed by atoms with Gasteiger partial charge in [-0.05, 0) is 19.4 Å². The predicted octanol–water partition coefficient (Wildman–Crippen LogP) is 1.82. The van der Waals surface area contributed by atoms with Crippen LogP contribution in [0.25, 0.3) is 0 Å². The van der Waals surface area contributed by atoms with Gasteiger partial charge in [0.2, 0.25) is 0 Å². The van der Waals surface area contributed by atoms with Crippen LogP contribution in [0.3, 0.4) is 0 Å². The van der Waals surface area contributed by atoms with Crippen LogP contribution in [-0.4, -0.2) is 24.8 Å². The number of methoxy groups -OCH3 is 1. The van der Waals surface area contributed by atoms with E-state index in [4.69, 9.17) is 4.74 Å². The van der Waals surface area contributed by atoms with Crippen molar-refractivity contribution in [1.82, 2.24) is 0 Å². The summed E-state index contributed by atoms with van der Waals surface area (Å²) in [4.78, 5) is 10.9. The number of aryl methyl sites for hydroxylation is 1. The fraction of sp³-hybridized carbons (Fsp3) is 0.462. The Bertz CT molecular complexity index is 374. The third-order valence-corrected chi connectivity index (χ3v) is 2.40. The van der Waals surface area contributed by atoms with Gasteiger partial charge in [-0.1, -0.05) is 17.7 Å². The van der Waals surface area contributed by atoms with Crippen molar-refractivity contribution in [1.29, 1.82) is 0 Å². The molecule has 0 aliphatic rings. The number of hydrogen-bond acceptors (Lipinski definition) is 4. The van der Waals surface area contributed by atoms with E-state index in [1.54, 1.807) is 0 Å². The molecule has 1 aromatic carbocycles. The lowest BCUT2D eigenvalue weighted by Crippen LogP contribution is -2.05. The Labute approximate surface area is 101 Å². The van der Waals surface area contributed by atoms with E-state index in [-0.39, 0.29) is 12.6 Å². The van der Waals surface area contributed by atoms with Crippen molar-refractivity contribution in [2.24, 2.45) is 0 Å². The second-order valence-corrected chi connectivity index (χ2v) is 3.80. The molecule has 1 aromatic rings. The fourth-order valence-electron chi connectivity index (χ4n) is 1.47. The molecule has 0 radical (unpaired) electrons. The van der Waals surface area contributed by atoms with Crippen molar-refractivity contribution < 1.29 is 19.4 Å². The van der Waals surface area contributed by atoms with Gasteiger partial charge in [0.15, 0.2) is 0 Å².